The van der Waals surface area contributed by atoms with E-state index in [0.717, 1.165) is 68.3 Å². The minimum absolute atomic E-state index is 0.0602. The molecule has 16 rings (SSSR count). The average molecular weight is 1170 g/mol. The molecule has 1 aliphatic carbocycles. The Morgan fingerprint density at radius 2 is 1.03 bits per heavy atom. The molecule has 0 bridgehead atoms. The summed E-state index contributed by atoms with van der Waals surface area (Å²) in [7, 11) is 0. The molecular formula is C84H68N4O. The molecule has 0 amide bonds. The summed E-state index contributed by atoms with van der Waals surface area (Å²) in [5, 5.41) is 1.98. The number of nitrogens with zero attached hydrogens (tertiary/aromatic N) is 4. The normalized spacial score (nSPS) is 16.7. The fraction of sp³-hybridized carbons (Fsp3) is 0.143. The number of ether oxygens (including phenoxy) is 1. The van der Waals surface area contributed by atoms with Gasteiger partial charge in [0.1, 0.15) is 17.3 Å². The highest BCUT2D eigenvalue weighted by atomic mass is 16.5. The van der Waals surface area contributed by atoms with Crippen molar-refractivity contribution in [3.8, 4) is 107 Å². The molecular weight excluding hydrogens is 1080 g/mol. The monoisotopic (exact) mass is 1170 g/mol. The lowest BCUT2D eigenvalue weighted by atomic mass is 9.62. The maximum Gasteiger partial charge on any atom is 0.269 e. The zero-order chi connectivity index (χ0) is 76.0. The van der Waals surface area contributed by atoms with Gasteiger partial charge in [0.15, 0.2) is 0 Å². The van der Waals surface area contributed by atoms with Gasteiger partial charge in [-0.15, -0.1) is 0 Å². The molecule has 2 aliphatic rings. The number of benzene rings is 11. The van der Waals surface area contributed by atoms with Crippen molar-refractivity contribution in [3.05, 3.63) is 284 Å². The van der Waals surface area contributed by atoms with E-state index < -0.39 is 131 Å². The number of pyridine rings is 1. The summed E-state index contributed by atoms with van der Waals surface area (Å²) >= 11 is 0. The lowest BCUT2D eigenvalue weighted by molar-refractivity contribution is -0.570. The van der Waals surface area contributed by atoms with Crippen molar-refractivity contribution in [2.24, 2.45) is 0 Å². The number of para-hydroxylation sites is 2. The molecule has 430 valence electrons. The van der Waals surface area contributed by atoms with Crippen LogP contribution in [0.4, 0.5) is 0 Å². The molecule has 4 heterocycles. The van der Waals surface area contributed by atoms with Crippen molar-refractivity contribution in [3.63, 3.8) is 0 Å². The second-order valence-electron chi connectivity index (χ2n) is 25.4. The number of hydrogen-bond donors (Lipinski definition) is 0. The van der Waals surface area contributed by atoms with Crippen LogP contribution in [0.1, 0.15) is 103 Å². The van der Waals surface area contributed by atoms with Gasteiger partial charge >= 0.3 is 0 Å². The van der Waals surface area contributed by atoms with Crippen LogP contribution >= 0.6 is 0 Å². The molecule has 1 aliphatic heterocycles. The van der Waals surface area contributed by atoms with E-state index in [1.54, 1.807) is 34.9 Å². The van der Waals surface area contributed by atoms with Crippen LogP contribution in [0.25, 0.3) is 128 Å². The second kappa shape index (κ2) is 20.6. The fourth-order valence-corrected chi connectivity index (χ4v) is 13.2. The van der Waals surface area contributed by atoms with E-state index >= 15 is 0 Å². The number of aromatic nitrogens is 4. The Morgan fingerprint density at radius 1 is 0.472 bits per heavy atom. The lowest BCUT2D eigenvalue weighted by Crippen LogP contribution is -2.34. The van der Waals surface area contributed by atoms with Crippen LogP contribution in [0.3, 0.4) is 0 Å². The van der Waals surface area contributed by atoms with Gasteiger partial charge in [0.2, 0.25) is 0 Å². The summed E-state index contributed by atoms with van der Waals surface area (Å²) in [5.41, 5.74) is 7.09. The largest absolute Gasteiger partial charge is 0.458 e. The minimum Gasteiger partial charge on any atom is -0.458 e. The molecule has 0 saturated heterocycles. The highest BCUT2D eigenvalue weighted by molar-refractivity contribution is 6.10. The average Bonchev–Trinajstić information content (AvgIpc) is 1.63. The van der Waals surface area contributed by atoms with Crippen LogP contribution < -0.4 is 9.30 Å². The van der Waals surface area contributed by atoms with Gasteiger partial charge < -0.3 is 4.74 Å². The molecule has 3 aromatic heterocycles. The first-order chi connectivity index (χ1) is 50.7. The van der Waals surface area contributed by atoms with E-state index in [0.29, 0.717) is 56.2 Å². The molecule has 0 fully saturated rings. The number of fused-ring (bicyclic) bond motifs is 11. The van der Waals surface area contributed by atoms with Crippen LogP contribution in [-0.4, -0.2) is 14.1 Å². The van der Waals surface area contributed by atoms with Crippen LogP contribution in [-0.2, 0) is 16.2 Å². The molecule has 11 aromatic carbocycles. The van der Waals surface area contributed by atoms with Crippen LogP contribution in [0.5, 0.6) is 11.5 Å². The highest BCUT2D eigenvalue weighted by Crippen LogP contribution is 2.53. The molecule has 0 N–H and O–H groups in total. The fourth-order valence-electron chi connectivity index (χ4n) is 13.2. The molecule has 5 nitrogen and oxygen atoms in total. The Hall–Kier alpha value is -10.4. The van der Waals surface area contributed by atoms with E-state index in [9.17, 15) is 12.3 Å². The Bertz CT molecular complexity index is 6100. The van der Waals surface area contributed by atoms with Gasteiger partial charge in [-0.05, 0) is 202 Å². The summed E-state index contributed by atoms with van der Waals surface area (Å²) in [6, 6.07) is 33.8. The quantitative estimate of drug-likeness (QED) is 0.112. The third-order valence-electron chi connectivity index (χ3n) is 17.9. The standard InChI is InChI=1S/C84H68N4O/c1-82(2,3)61-39-42-85-79(48-61)88-76-36-20-19-33-68(76)69-38-37-64(50-77(69)88)89-63-30-21-29-62(49-63)86-53-87-80-65(56-27-15-10-16-28-56)34-22-35-70(80)72-52-75-74(83(4,5)40-41-84(75,6)7)51-71(72)66-31-17-18-32-67(66)73-46-60(47-78(86)81(73)87)59-44-57(54-23-11-8-12-24-54)43-58(45-59)55-25-13-9-14-26-55/h8-39,42-52H,40-41H2,1-7H3/i8D,9D,10D,11D,12D,13D,14D,15D,16D,23D,24D,25D,26D,27D,28D,43D,44D,45D. The summed E-state index contributed by atoms with van der Waals surface area (Å²) in [5.74, 6) is 1.56. The smallest absolute Gasteiger partial charge is 0.269 e. The first-order valence-corrected chi connectivity index (χ1v) is 29.8. The van der Waals surface area contributed by atoms with Gasteiger partial charge in [-0.1, -0.05) is 218 Å². The highest BCUT2D eigenvalue weighted by Gasteiger charge is 2.39. The molecule has 0 spiro atoms. The third kappa shape index (κ3) is 9.21. The van der Waals surface area contributed by atoms with Gasteiger partial charge in [0.05, 0.1) is 58.1 Å². The predicted octanol–water partition coefficient (Wildman–Crippen LogP) is 21.6. The Morgan fingerprint density at radius 3 is 1.71 bits per heavy atom. The minimum atomic E-state index is -0.806. The zero-order valence-corrected chi connectivity index (χ0v) is 50.0. The van der Waals surface area contributed by atoms with E-state index in [1.165, 1.54) is 0 Å². The predicted molar refractivity (Wildman–Crippen MR) is 368 cm³/mol. The number of rotatable bonds is 8. The molecule has 5 heteroatoms. The van der Waals surface area contributed by atoms with Crippen molar-refractivity contribution >= 4 is 32.8 Å². The van der Waals surface area contributed by atoms with Gasteiger partial charge in [-0.3, -0.25) is 13.7 Å². The van der Waals surface area contributed by atoms with Crippen LogP contribution in [0, 0.1) is 6.33 Å². The molecule has 0 atom stereocenters. The van der Waals surface area contributed by atoms with Gasteiger partial charge in [0, 0.05) is 23.0 Å². The zero-order valence-electron chi connectivity index (χ0n) is 68.0. The maximum atomic E-state index is 10.5. The Balaban J connectivity index is 1.05. The molecule has 0 saturated carbocycles. The SMILES string of the molecule is [2H]c1c([2H])c([2H])c(-c2cccc3c2-[n+]2[c-]n(-c4cccc(Oc5ccc6c7ccccc7n(-c7cc(C(C)(C)C)ccn7)c6c5)c4)c4cc(-c5c([2H])c(-c6c([2H])c([2H])c([2H])c([2H])c6[2H])c([2H])c(-c6c([2H])c([2H])c([2H])c([2H])c6[2H])c5[2H])cc(c42)-c2ccccc2-c2cc4c(cc2-3)C(C)(C)CCC4(C)C)c([2H])c1[2H]. The molecule has 0 radical (unpaired) electrons. The summed E-state index contributed by atoms with van der Waals surface area (Å²) in [4.78, 5) is 4.90. The lowest BCUT2D eigenvalue weighted by Gasteiger charge is -2.42. The van der Waals surface area contributed by atoms with E-state index in [4.69, 9.17) is 22.1 Å². The summed E-state index contributed by atoms with van der Waals surface area (Å²) < 4.78 is 180. The van der Waals surface area contributed by atoms with Gasteiger partial charge in [-0.25, -0.2) is 4.98 Å². The van der Waals surface area contributed by atoms with Crippen molar-refractivity contribution in [1.29, 1.82) is 0 Å². The van der Waals surface area contributed by atoms with Crippen molar-refractivity contribution in [1.82, 2.24) is 14.1 Å². The molecule has 89 heavy (non-hydrogen) atoms. The van der Waals surface area contributed by atoms with E-state index in [1.807, 2.05) is 95.7 Å². The van der Waals surface area contributed by atoms with Crippen LogP contribution in [0.2, 0.25) is 0 Å². The van der Waals surface area contributed by atoms with E-state index in [-0.39, 0.29) is 38.5 Å². The first kappa shape index (κ1) is 38.0. The van der Waals surface area contributed by atoms with Crippen molar-refractivity contribution < 1.29 is 34.0 Å². The van der Waals surface area contributed by atoms with Crippen molar-refractivity contribution in [2.75, 3.05) is 0 Å². The number of imidazole rings is 1. The van der Waals surface area contributed by atoms with Crippen LogP contribution in [0.15, 0.2) is 261 Å². The summed E-state index contributed by atoms with van der Waals surface area (Å²) in [6.07, 6.45) is 7.28. The topological polar surface area (TPSA) is 35.9 Å². The molecule has 14 aromatic rings. The van der Waals surface area contributed by atoms with Crippen molar-refractivity contribution in [2.45, 2.75) is 77.6 Å². The maximum absolute atomic E-state index is 10.5. The second-order valence-corrected chi connectivity index (χ2v) is 25.4. The third-order valence-corrected chi connectivity index (χ3v) is 17.9. The Labute approximate surface area is 546 Å². The Kier molecular flexibility index (Phi) is 8.82. The van der Waals surface area contributed by atoms with Gasteiger partial charge in [0.25, 0.3) is 6.33 Å². The van der Waals surface area contributed by atoms with E-state index in [2.05, 4.69) is 89.7 Å². The van der Waals surface area contributed by atoms with Gasteiger partial charge in [-0.2, -0.15) is 0 Å². The number of hydrogen-bond acceptors (Lipinski definition) is 2. The first-order valence-electron chi connectivity index (χ1n) is 38.8. The summed E-state index contributed by atoms with van der Waals surface area (Å²) in [6.45, 7) is 15.4. The molecule has 0 unspecified atom stereocenters.